The maximum absolute atomic E-state index is 14.3. The molecule has 0 radical (unpaired) electrons. The van der Waals surface area contributed by atoms with E-state index in [-0.39, 0.29) is 6.07 Å². The van der Waals surface area contributed by atoms with Gasteiger partial charge in [-0.05, 0) is 23.8 Å². The zero-order valence-corrected chi connectivity index (χ0v) is 15.7. The molecule has 1 amide bonds. The summed E-state index contributed by atoms with van der Waals surface area (Å²) in [7, 11) is 0. The standard InChI is InChI=1S/C17H8BrF10NO/c18-11-6-7(14(19,16(23,24)25)17(26,27)28)5-10(15(20,21)22)12(11)8-3-1-2-4-9(8)13(29)30/h1-6H,(H2,29,30). The van der Waals surface area contributed by atoms with E-state index in [1.165, 1.54) is 6.07 Å². The molecule has 2 aromatic rings. The molecule has 0 aliphatic rings. The first-order valence-electron chi connectivity index (χ1n) is 7.55. The number of benzene rings is 2. The van der Waals surface area contributed by atoms with E-state index in [9.17, 15) is 48.7 Å². The molecule has 0 atom stereocenters. The molecule has 30 heavy (non-hydrogen) atoms. The smallest absolute Gasteiger partial charge is 0.366 e. The Balaban J connectivity index is 2.98. The van der Waals surface area contributed by atoms with Crippen LogP contribution in [0.15, 0.2) is 40.9 Å². The Labute approximate surface area is 169 Å². The van der Waals surface area contributed by atoms with Crippen LogP contribution in [0.4, 0.5) is 43.9 Å². The maximum Gasteiger partial charge on any atom is 0.435 e. The lowest BCUT2D eigenvalue weighted by Crippen LogP contribution is -2.50. The summed E-state index contributed by atoms with van der Waals surface area (Å²) in [5, 5.41) is 0. The fourth-order valence-electron chi connectivity index (χ4n) is 2.71. The highest BCUT2D eigenvalue weighted by Gasteiger charge is 2.73. The summed E-state index contributed by atoms with van der Waals surface area (Å²) in [4.78, 5) is 11.5. The van der Waals surface area contributed by atoms with Crippen molar-refractivity contribution in [1.29, 1.82) is 0 Å². The zero-order valence-electron chi connectivity index (χ0n) is 14.1. The molecule has 2 N–H and O–H groups in total. The van der Waals surface area contributed by atoms with Gasteiger partial charge in [-0.2, -0.15) is 39.5 Å². The van der Waals surface area contributed by atoms with Crippen LogP contribution in [-0.4, -0.2) is 18.3 Å². The molecule has 13 heteroatoms. The minimum atomic E-state index is -6.61. The van der Waals surface area contributed by atoms with E-state index in [1.807, 2.05) is 0 Å². The third kappa shape index (κ3) is 3.98. The van der Waals surface area contributed by atoms with Crippen molar-refractivity contribution >= 4 is 21.8 Å². The second-order valence-corrected chi connectivity index (χ2v) is 6.80. The molecule has 0 heterocycles. The molecule has 0 unspecified atom stereocenters. The van der Waals surface area contributed by atoms with Crippen LogP contribution in [0, 0.1) is 0 Å². The predicted molar refractivity (Wildman–Crippen MR) is 88.0 cm³/mol. The SMILES string of the molecule is NC(=O)c1ccccc1-c1c(Br)cc(C(F)(C(F)(F)F)C(F)(F)F)cc1C(F)(F)F. The van der Waals surface area contributed by atoms with Crippen molar-refractivity contribution in [1.82, 2.24) is 0 Å². The average molecular weight is 512 g/mol. The molecule has 164 valence electrons. The van der Waals surface area contributed by atoms with Crippen molar-refractivity contribution in [2.24, 2.45) is 5.73 Å². The number of amides is 1. The molecule has 0 saturated heterocycles. The van der Waals surface area contributed by atoms with Gasteiger partial charge in [-0.25, -0.2) is 4.39 Å². The number of halogens is 11. The van der Waals surface area contributed by atoms with Crippen LogP contribution in [0.25, 0.3) is 11.1 Å². The van der Waals surface area contributed by atoms with Crippen LogP contribution < -0.4 is 5.73 Å². The molecule has 0 saturated carbocycles. The number of carbonyl (C=O) groups excluding carboxylic acids is 1. The van der Waals surface area contributed by atoms with Gasteiger partial charge in [-0.15, -0.1) is 0 Å². The van der Waals surface area contributed by atoms with Gasteiger partial charge in [0, 0.05) is 21.2 Å². The first kappa shape index (κ1) is 24.0. The van der Waals surface area contributed by atoms with E-state index in [1.54, 1.807) is 0 Å². The summed E-state index contributed by atoms with van der Waals surface area (Å²) in [5.74, 6) is -1.21. The Morgan fingerprint density at radius 3 is 1.77 bits per heavy atom. The number of rotatable bonds is 3. The summed E-state index contributed by atoms with van der Waals surface area (Å²) >= 11 is 2.48. The number of hydrogen-bond acceptors (Lipinski definition) is 1. The van der Waals surface area contributed by atoms with E-state index in [0.29, 0.717) is 0 Å². The number of alkyl halides is 10. The Morgan fingerprint density at radius 1 is 0.833 bits per heavy atom. The summed E-state index contributed by atoms with van der Waals surface area (Å²) < 4.78 is 132. The Hall–Kier alpha value is -2.31. The number of carbonyl (C=O) groups is 1. The van der Waals surface area contributed by atoms with Gasteiger partial charge in [0.2, 0.25) is 5.91 Å². The molecule has 0 spiro atoms. The molecule has 2 aromatic carbocycles. The molecule has 0 aliphatic carbocycles. The predicted octanol–water partition coefficient (Wildman–Crippen LogP) is 6.52. The quantitative estimate of drug-likeness (QED) is 0.468. The molecule has 0 fully saturated rings. The van der Waals surface area contributed by atoms with Crippen molar-refractivity contribution < 1.29 is 48.7 Å². The van der Waals surface area contributed by atoms with E-state index >= 15 is 0 Å². The first-order valence-corrected chi connectivity index (χ1v) is 8.35. The van der Waals surface area contributed by atoms with Crippen molar-refractivity contribution in [2.45, 2.75) is 24.2 Å². The first-order chi connectivity index (χ1) is 13.4. The lowest BCUT2D eigenvalue weighted by atomic mass is 9.87. The Bertz CT molecular complexity index is 964. The molecule has 0 aliphatic heterocycles. The summed E-state index contributed by atoms with van der Waals surface area (Å²) in [6, 6.07) is 3.68. The third-order valence-corrected chi connectivity index (χ3v) is 4.66. The van der Waals surface area contributed by atoms with Gasteiger partial charge in [0.25, 0.3) is 0 Å². The second kappa shape index (κ2) is 7.43. The summed E-state index contributed by atoms with van der Waals surface area (Å²) in [6.45, 7) is 0. The van der Waals surface area contributed by atoms with Gasteiger partial charge in [0.05, 0.1) is 5.56 Å². The van der Waals surface area contributed by atoms with E-state index < -0.39 is 68.5 Å². The van der Waals surface area contributed by atoms with Crippen LogP contribution >= 0.6 is 15.9 Å². The van der Waals surface area contributed by atoms with E-state index in [0.717, 1.165) is 18.2 Å². The minimum absolute atomic E-state index is 0.0661. The van der Waals surface area contributed by atoms with Crippen molar-refractivity contribution in [3.05, 3.63) is 57.6 Å². The zero-order chi connectivity index (χ0) is 23.3. The van der Waals surface area contributed by atoms with Gasteiger partial charge in [-0.1, -0.05) is 34.1 Å². The van der Waals surface area contributed by atoms with Gasteiger partial charge >= 0.3 is 24.2 Å². The number of nitrogens with two attached hydrogens (primary N) is 1. The maximum atomic E-state index is 14.3. The molecule has 2 rings (SSSR count). The lowest BCUT2D eigenvalue weighted by Gasteiger charge is -2.31. The van der Waals surface area contributed by atoms with E-state index in [2.05, 4.69) is 15.9 Å². The average Bonchev–Trinajstić information content (AvgIpc) is 2.57. The van der Waals surface area contributed by atoms with Gasteiger partial charge in [0.15, 0.2) is 0 Å². The Morgan fingerprint density at radius 2 is 1.33 bits per heavy atom. The second-order valence-electron chi connectivity index (χ2n) is 5.94. The molecular formula is C17H8BrF10NO. The monoisotopic (exact) mass is 511 g/mol. The number of hydrogen-bond donors (Lipinski definition) is 1. The fraction of sp³-hybridized carbons (Fsp3) is 0.235. The van der Waals surface area contributed by atoms with Crippen LogP contribution in [0.3, 0.4) is 0 Å². The summed E-state index contributed by atoms with van der Waals surface area (Å²) in [6.07, 6.45) is -18.7. The van der Waals surface area contributed by atoms with Crippen molar-refractivity contribution in [3.63, 3.8) is 0 Å². The van der Waals surface area contributed by atoms with Crippen molar-refractivity contribution in [2.75, 3.05) is 0 Å². The van der Waals surface area contributed by atoms with Gasteiger partial charge in [0.1, 0.15) is 0 Å². The van der Waals surface area contributed by atoms with Crippen molar-refractivity contribution in [3.8, 4) is 11.1 Å². The van der Waals surface area contributed by atoms with Crippen LogP contribution in [0.1, 0.15) is 21.5 Å². The number of primary amides is 1. The fourth-order valence-corrected chi connectivity index (χ4v) is 3.38. The lowest BCUT2D eigenvalue weighted by molar-refractivity contribution is -0.348. The van der Waals surface area contributed by atoms with Crippen LogP contribution in [-0.2, 0) is 11.8 Å². The van der Waals surface area contributed by atoms with Crippen LogP contribution in [0.2, 0.25) is 0 Å². The topological polar surface area (TPSA) is 43.1 Å². The largest absolute Gasteiger partial charge is 0.435 e. The third-order valence-electron chi connectivity index (χ3n) is 4.04. The highest BCUT2D eigenvalue weighted by molar-refractivity contribution is 9.10. The molecule has 2 nitrogen and oxygen atoms in total. The highest BCUT2D eigenvalue weighted by Crippen LogP contribution is 2.55. The molecule has 0 aromatic heterocycles. The Kier molecular flexibility index (Phi) is 5.94. The van der Waals surface area contributed by atoms with Crippen LogP contribution in [0.5, 0.6) is 0 Å². The summed E-state index contributed by atoms with van der Waals surface area (Å²) in [5.41, 5.74) is -7.36. The highest BCUT2D eigenvalue weighted by atomic mass is 79.9. The normalized spacial score (nSPS) is 13.4. The minimum Gasteiger partial charge on any atom is -0.366 e. The van der Waals surface area contributed by atoms with E-state index in [4.69, 9.17) is 5.73 Å². The molecule has 0 bridgehead atoms. The van der Waals surface area contributed by atoms with Gasteiger partial charge < -0.3 is 5.73 Å². The van der Waals surface area contributed by atoms with Gasteiger partial charge in [-0.3, -0.25) is 4.79 Å². The molecular weight excluding hydrogens is 504 g/mol.